The van der Waals surface area contributed by atoms with Gasteiger partial charge in [0.05, 0.1) is 7.11 Å². The summed E-state index contributed by atoms with van der Waals surface area (Å²) in [6.07, 6.45) is 1.02. The topological polar surface area (TPSA) is 47.3 Å². The van der Waals surface area contributed by atoms with Gasteiger partial charge >= 0.3 is 0 Å². The number of hydrogen-bond donors (Lipinski definition) is 2. The summed E-state index contributed by atoms with van der Waals surface area (Å²) in [6, 6.07) is 12.9. The molecule has 0 saturated carbocycles. The van der Waals surface area contributed by atoms with Gasteiger partial charge in [-0.25, -0.2) is 0 Å². The van der Waals surface area contributed by atoms with Gasteiger partial charge in [-0.3, -0.25) is 0 Å². The number of nitrogens with two attached hydrogens (primary N) is 1. The average Bonchev–Trinajstić information content (AvgIpc) is 2.42. The van der Waals surface area contributed by atoms with Crippen molar-refractivity contribution in [3.8, 4) is 5.75 Å². The third-order valence-electron chi connectivity index (χ3n) is 3.17. The van der Waals surface area contributed by atoms with E-state index in [2.05, 4.69) is 35.6 Å². The molecule has 0 aliphatic heterocycles. The summed E-state index contributed by atoms with van der Waals surface area (Å²) in [7, 11) is 1.69. The van der Waals surface area contributed by atoms with Crippen LogP contribution in [-0.4, -0.2) is 26.2 Å². The molecule has 3 N–H and O–H groups in total. The molecule has 0 spiro atoms. The summed E-state index contributed by atoms with van der Waals surface area (Å²) < 4.78 is 5.23. The van der Waals surface area contributed by atoms with Crippen molar-refractivity contribution in [2.75, 3.05) is 20.2 Å². The first-order valence-corrected chi connectivity index (χ1v) is 6.72. The van der Waals surface area contributed by atoms with Crippen molar-refractivity contribution >= 4 is 10.8 Å². The second-order valence-corrected chi connectivity index (χ2v) is 4.98. The molecular weight excluding hydrogens is 236 g/mol. The number of rotatable bonds is 6. The SMILES string of the molecule is COc1ccc2cc(CCNCC(C)N)ccc2c1. The predicted molar refractivity (Wildman–Crippen MR) is 80.7 cm³/mol. The lowest BCUT2D eigenvalue weighted by Crippen LogP contribution is -2.32. The molecule has 3 heteroatoms. The van der Waals surface area contributed by atoms with E-state index in [-0.39, 0.29) is 6.04 Å². The van der Waals surface area contributed by atoms with E-state index >= 15 is 0 Å². The van der Waals surface area contributed by atoms with Crippen LogP contribution in [0.3, 0.4) is 0 Å². The maximum atomic E-state index is 5.70. The van der Waals surface area contributed by atoms with Crippen LogP contribution in [0.2, 0.25) is 0 Å². The molecule has 0 amide bonds. The maximum Gasteiger partial charge on any atom is 0.119 e. The Morgan fingerprint density at radius 3 is 2.63 bits per heavy atom. The zero-order chi connectivity index (χ0) is 13.7. The van der Waals surface area contributed by atoms with Gasteiger partial charge < -0.3 is 15.8 Å². The molecule has 19 heavy (non-hydrogen) atoms. The Kier molecular flexibility index (Phi) is 4.77. The lowest BCUT2D eigenvalue weighted by atomic mass is 10.0. The van der Waals surface area contributed by atoms with E-state index in [0.717, 1.165) is 25.3 Å². The minimum absolute atomic E-state index is 0.212. The highest BCUT2D eigenvalue weighted by Crippen LogP contribution is 2.21. The highest BCUT2D eigenvalue weighted by molar-refractivity contribution is 5.84. The number of hydrogen-bond acceptors (Lipinski definition) is 3. The summed E-state index contributed by atoms with van der Waals surface area (Å²) in [5, 5.41) is 5.82. The van der Waals surface area contributed by atoms with E-state index in [1.165, 1.54) is 16.3 Å². The highest BCUT2D eigenvalue weighted by atomic mass is 16.5. The minimum Gasteiger partial charge on any atom is -0.497 e. The van der Waals surface area contributed by atoms with Crippen LogP contribution in [0.4, 0.5) is 0 Å². The molecule has 0 bridgehead atoms. The second-order valence-electron chi connectivity index (χ2n) is 4.98. The van der Waals surface area contributed by atoms with Crippen LogP contribution in [0.25, 0.3) is 10.8 Å². The molecule has 2 rings (SSSR count). The van der Waals surface area contributed by atoms with Gasteiger partial charge in [0.15, 0.2) is 0 Å². The normalized spacial score (nSPS) is 12.6. The number of benzene rings is 2. The molecule has 3 nitrogen and oxygen atoms in total. The van der Waals surface area contributed by atoms with Gasteiger partial charge in [0.2, 0.25) is 0 Å². The average molecular weight is 258 g/mol. The van der Waals surface area contributed by atoms with Crippen molar-refractivity contribution in [3.63, 3.8) is 0 Å². The van der Waals surface area contributed by atoms with Crippen molar-refractivity contribution in [1.82, 2.24) is 5.32 Å². The fourth-order valence-electron chi connectivity index (χ4n) is 2.12. The Hall–Kier alpha value is -1.58. The van der Waals surface area contributed by atoms with Crippen molar-refractivity contribution in [2.45, 2.75) is 19.4 Å². The Bertz CT molecular complexity index is 537. The summed E-state index contributed by atoms with van der Waals surface area (Å²) in [5.41, 5.74) is 7.04. The largest absolute Gasteiger partial charge is 0.497 e. The summed E-state index contributed by atoms with van der Waals surface area (Å²) >= 11 is 0. The van der Waals surface area contributed by atoms with Crippen molar-refractivity contribution in [2.24, 2.45) is 5.73 Å². The zero-order valence-electron chi connectivity index (χ0n) is 11.6. The van der Waals surface area contributed by atoms with Gasteiger partial charge in [0, 0.05) is 12.6 Å². The monoisotopic (exact) mass is 258 g/mol. The quantitative estimate of drug-likeness (QED) is 0.782. The number of methoxy groups -OCH3 is 1. The first kappa shape index (κ1) is 13.8. The van der Waals surface area contributed by atoms with Crippen LogP contribution in [0.15, 0.2) is 36.4 Å². The van der Waals surface area contributed by atoms with E-state index in [1.807, 2.05) is 13.0 Å². The molecule has 0 saturated heterocycles. The lowest BCUT2D eigenvalue weighted by molar-refractivity contribution is 0.415. The summed E-state index contributed by atoms with van der Waals surface area (Å²) in [6.45, 7) is 3.84. The predicted octanol–water partition coefficient (Wildman–Crippen LogP) is 2.33. The van der Waals surface area contributed by atoms with Gasteiger partial charge in [0.1, 0.15) is 5.75 Å². The van der Waals surface area contributed by atoms with Crippen molar-refractivity contribution in [1.29, 1.82) is 0 Å². The smallest absolute Gasteiger partial charge is 0.119 e. The van der Waals surface area contributed by atoms with Crippen LogP contribution in [0.1, 0.15) is 12.5 Å². The van der Waals surface area contributed by atoms with Crippen LogP contribution in [0.5, 0.6) is 5.75 Å². The number of nitrogens with one attached hydrogen (secondary N) is 1. The highest BCUT2D eigenvalue weighted by Gasteiger charge is 1.99. The lowest BCUT2D eigenvalue weighted by Gasteiger charge is -2.08. The first-order chi connectivity index (χ1) is 9.19. The molecule has 0 aliphatic rings. The van der Waals surface area contributed by atoms with E-state index < -0.39 is 0 Å². The third-order valence-corrected chi connectivity index (χ3v) is 3.17. The molecule has 102 valence electrons. The number of fused-ring (bicyclic) bond motifs is 1. The first-order valence-electron chi connectivity index (χ1n) is 6.72. The van der Waals surface area contributed by atoms with E-state index in [4.69, 9.17) is 10.5 Å². The zero-order valence-corrected chi connectivity index (χ0v) is 11.6. The number of ether oxygens (including phenoxy) is 1. The molecule has 0 heterocycles. The molecule has 0 fully saturated rings. The Morgan fingerprint density at radius 1 is 1.16 bits per heavy atom. The molecule has 1 unspecified atom stereocenters. The molecule has 0 aliphatic carbocycles. The maximum absolute atomic E-state index is 5.70. The Balaban J connectivity index is 2.01. The fourth-order valence-corrected chi connectivity index (χ4v) is 2.12. The molecular formula is C16H22N2O. The van der Waals surface area contributed by atoms with Crippen LogP contribution in [0, 0.1) is 0 Å². The molecule has 1 atom stereocenters. The molecule has 2 aromatic rings. The van der Waals surface area contributed by atoms with Crippen molar-refractivity contribution in [3.05, 3.63) is 42.0 Å². The van der Waals surface area contributed by atoms with Gasteiger partial charge in [-0.2, -0.15) is 0 Å². The van der Waals surface area contributed by atoms with Crippen LogP contribution < -0.4 is 15.8 Å². The Morgan fingerprint density at radius 2 is 1.89 bits per heavy atom. The van der Waals surface area contributed by atoms with Crippen LogP contribution >= 0.6 is 0 Å². The van der Waals surface area contributed by atoms with E-state index in [9.17, 15) is 0 Å². The van der Waals surface area contributed by atoms with E-state index in [0.29, 0.717) is 0 Å². The van der Waals surface area contributed by atoms with Crippen LogP contribution in [-0.2, 0) is 6.42 Å². The van der Waals surface area contributed by atoms with Gasteiger partial charge in [0.25, 0.3) is 0 Å². The molecule has 2 aromatic carbocycles. The van der Waals surface area contributed by atoms with Crippen molar-refractivity contribution < 1.29 is 4.74 Å². The van der Waals surface area contributed by atoms with E-state index in [1.54, 1.807) is 7.11 Å². The minimum atomic E-state index is 0.212. The third kappa shape index (κ3) is 3.94. The summed E-state index contributed by atoms with van der Waals surface area (Å²) in [4.78, 5) is 0. The molecule has 0 radical (unpaired) electrons. The van der Waals surface area contributed by atoms with Gasteiger partial charge in [-0.05, 0) is 48.4 Å². The second kappa shape index (κ2) is 6.55. The standard InChI is InChI=1S/C16H22N2O/c1-12(17)11-18-8-7-13-3-4-15-10-16(19-2)6-5-14(15)9-13/h3-6,9-10,12,18H,7-8,11,17H2,1-2H3. The molecule has 0 aromatic heterocycles. The summed E-state index contributed by atoms with van der Waals surface area (Å²) in [5.74, 6) is 0.902. The van der Waals surface area contributed by atoms with Gasteiger partial charge in [-0.1, -0.05) is 24.3 Å². The fraction of sp³-hybridized carbons (Fsp3) is 0.375. The van der Waals surface area contributed by atoms with Gasteiger partial charge in [-0.15, -0.1) is 0 Å². The Labute approximate surface area is 114 Å².